The molecule has 0 bridgehead atoms. The number of aromatic amines is 2. The maximum absolute atomic E-state index is 6.33. The number of benzene rings is 2. The zero-order chi connectivity index (χ0) is 20.0. The molecule has 5 N–H and O–H groups in total. The second-order valence-electron chi connectivity index (χ2n) is 7.42. The fourth-order valence-electron chi connectivity index (χ4n) is 3.83. The molecule has 144 valence electrons. The molecule has 3 aromatic heterocycles. The van der Waals surface area contributed by atoms with Crippen LogP contribution >= 0.6 is 0 Å². The normalized spacial score (nSPS) is 11.4. The van der Waals surface area contributed by atoms with Crippen molar-refractivity contribution in [2.75, 3.05) is 11.1 Å². The van der Waals surface area contributed by atoms with Crippen LogP contribution in [-0.4, -0.2) is 19.9 Å². The van der Waals surface area contributed by atoms with Gasteiger partial charge in [-0.25, -0.2) is 4.98 Å². The lowest BCUT2D eigenvalue weighted by Gasteiger charge is -2.12. The third kappa shape index (κ3) is 3.18. The molecule has 6 heteroatoms. The molecule has 0 fully saturated rings. The minimum absolute atomic E-state index is 0.506. The number of aromatic nitrogens is 4. The summed E-state index contributed by atoms with van der Waals surface area (Å²) in [6, 6.07) is 16.6. The summed E-state index contributed by atoms with van der Waals surface area (Å²) in [7, 11) is 0. The van der Waals surface area contributed by atoms with Gasteiger partial charge < -0.3 is 21.0 Å². The summed E-state index contributed by atoms with van der Waals surface area (Å²) < 4.78 is 0. The molecule has 5 rings (SSSR count). The van der Waals surface area contributed by atoms with Crippen molar-refractivity contribution in [3.8, 4) is 0 Å². The molecule has 0 atom stereocenters. The Kier molecular flexibility index (Phi) is 3.98. The first-order chi connectivity index (χ1) is 14.1. The van der Waals surface area contributed by atoms with E-state index >= 15 is 0 Å². The Morgan fingerprint density at radius 3 is 2.76 bits per heavy atom. The Hall–Kier alpha value is -3.80. The first-order valence-corrected chi connectivity index (χ1v) is 9.61. The molecular formula is C23H22N6. The summed E-state index contributed by atoms with van der Waals surface area (Å²) in [6.07, 6.45) is 2.65. The second kappa shape index (κ2) is 6.67. The quantitative estimate of drug-likeness (QED) is 0.353. The third-order valence-electron chi connectivity index (χ3n) is 5.29. The largest absolute Gasteiger partial charge is 0.383 e. The van der Waals surface area contributed by atoms with Gasteiger partial charge in [0.15, 0.2) is 0 Å². The van der Waals surface area contributed by atoms with Crippen LogP contribution in [-0.2, 0) is 6.42 Å². The highest BCUT2D eigenvalue weighted by atomic mass is 15.1. The Bertz CT molecular complexity index is 1320. The minimum atomic E-state index is 0.506. The first-order valence-electron chi connectivity index (χ1n) is 9.61. The number of nitrogens with one attached hydrogen (secondary N) is 3. The zero-order valence-corrected chi connectivity index (χ0v) is 16.4. The number of nitrogens with two attached hydrogens (primary N) is 1. The van der Waals surface area contributed by atoms with E-state index in [9.17, 15) is 0 Å². The van der Waals surface area contributed by atoms with Crippen molar-refractivity contribution in [3.05, 3.63) is 77.2 Å². The molecule has 0 saturated carbocycles. The fraction of sp³-hybridized carbons (Fsp3) is 0.130. The highest BCUT2D eigenvalue weighted by Gasteiger charge is 2.12. The van der Waals surface area contributed by atoms with Gasteiger partial charge in [-0.2, -0.15) is 4.98 Å². The molecule has 0 unspecified atom stereocenters. The molecule has 0 aliphatic heterocycles. The zero-order valence-electron chi connectivity index (χ0n) is 16.4. The first kappa shape index (κ1) is 17.3. The van der Waals surface area contributed by atoms with Gasteiger partial charge in [0.05, 0.1) is 5.69 Å². The van der Waals surface area contributed by atoms with Crippen molar-refractivity contribution in [2.24, 2.45) is 0 Å². The molecule has 3 heterocycles. The molecule has 29 heavy (non-hydrogen) atoms. The summed E-state index contributed by atoms with van der Waals surface area (Å²) in [5.41, 5.74) is 13.6. The highest BCUT2D eigenvalue weighted by molar-refractivity contribution is 5.93. The number of rotatable bonds is 4. The van der Waals surface area contributed by atoms with Crippen molar-refractivity contribution >= 4 is 39.3 Å². The van der Waals surface area contributed by atoms with E-state index in [0.29, 0.717) is 18.2 Å². The van der Waals surface area contributed by atoms with Crippen LogP contribution in [0, 0.1) is 13.8 Å². The second-order valence-corrected chi connectivity index (χ2v) is 7.42. The van der Waals surface area contributed by atoms with Crippen LogP contribution in [0.15, 0.2) is 54.7 Å². The maximum atomic E-state index is 6.33. The number of hydrogen-bond donors (Lipinski definition) is 4. The molecule has 0 aliphatic carbocycles. The number of fused-ring (bicyclic) bond motifs is 2. The van der Waals surface area contributed by atoms with Gasteiger partial charge in [0.2, 0.25) is 5.95 Å². The Labute approximate surface area is 168 Å². The van der Waals surface area contributed by atoms with Gasteiger partial charge in [0.25, 0.3) is 0 Å². The van der Waals surface area contributed by atoms with Crippen molar-refractivity contribution in [1.82, 2.24) is 19.9 Å². The average Bonchev–Trinajstić information content (AvgIpc) is 3.30. The van der Waals surface area contributed by atoms with Gasteiger partial charge in [0.1, 0.15) is 5.82 Å². The van der Waals surface area contributed by atoms with Crippen LogP contribution in [0.5, 0.6) is 0 Å². The molecule has 0 spiro atoms. The molecule has 0 saturated heterocycles. The van der Waals surface area contributed by atoms with Gasteiger partial charge in [-0.1, -0.05) is 12.1 Å². The van der Waals surface area contributed by atoms with Gasteiger partial charge in [-0.15, -0.1) is 0 Å². The predicted molar refractivity (Wildman–Crippen MR) is 119 cm³/mol. The van der Waals surface area contributed by atoms with Gasteiger partial charge >= 0.3 is 0 Å². The molecule has 0 radical (unpaired) electrons. The lowest BCUT2D eigenvalue weighted by Crippen LogP contribution is -2.08. The van der Waals surface area contributed by atoms with Crippen molar-refractivity contribution in [3.63, 3.8) is 0 Å². The smallest absolute Gasteiger partial charge is 0.229 e. The summed E-state index contributed by atoms with van der Waals surface area (Å²) in [5.74, 6) is 1.02. The van der Waals surface area contributed by atoms with E-state index < -0.39 is 0 Å². The summed E-state index contributed by atoms with van der Waals surface area (Å²) >= 11 is 0. The van der Waals surface area contributed by atoms with Crippen LogP contribution in [0.2, 0.25) is 0 Å². The topological polar surface area (TPSA) is 95.4 Å². The number of nitrogens with zero attached hydrogens (tertiary/aromatic N) is 2. The molecular weight excluding hydrogens is 360 g/mol. The lowest BCUT2D eigenvalue weighted by molar-refractivity contribution is 1.03. The number of nitrogen functional groups attached to an aromatic ring is 1. The van der Waals surface area contributed by atoms with Crippen LogP contribution < -0.4 is 11.1 Å². The summed E-state index contributed by atoms with van der Waals surface area (Å²) in [5, 5.41) is 5.62. The fourth-order valence-corrected chi connectivity index (χ4v) is 3.83. The summed E-state index contributed by atoms with van der Waals surface area (Å²) in [4.78, 5) is 15.8. The summed E-state index contributed by atoms with van der Waals surface area (Å²) in [6.45, 7) is 4.02. The maximum Gasteiger partial charge on any atom is 0.229 e. The van der Waals surface area contributed by atoms with Crippen molar-refractivity contribution in [1.29, 1.82) is 0 Å². The molecule has 5 aromatic rings. The predicted octanol–water partition coefficient (Wildman–Crippen LogP) is 4.97. The van der Waals surface area contributed by atoms with Crippen LogP contribution in [0.3, 0.4) is 0 Å². The van der Waals surface area contributed by atoms with Crippen molar-refractivity contribution < 1.29 is 0 Å². The SMILES string of the molecule is Cc1cc2c(Nc3nc(C)c(Cc4ccc5[nH]ccc5c4)c(N)n3)cccc2[nH]1. The van der Waals surface area contributed by atoms with Gasteiger partial charge in [-0.3, -0.25) is 0 Å². The Morgan fingerprint density at radius 2 is 1.90 bits per heavy atom. The van der Waals surface area contributed by atoms with E-state index in [0.717, 1.165) is 39.1 Å². The molecule has 6 nitrogen and oxygen atoms in total. The molecule has 0 amide bonds. The highest BCUT2D eigenvalue weighted by Crippen LogP contribution is 2.28. The van der Waals surface area contributed by atoms with E-state index in [1.807, 2.05) is 32.2 Å². The van der Waals surface area contributed by atoms with Crippen LogP contribution in [0.4, 0.5) is 17.5 Å². The Morgan fingerprint density at radius 1 is 1.00 bits per heavy atom. The van der Waals surface area contributed by atoms with Gasteiger partial charge in [-0.05, 0) is 61.2 Å². The minimum Gasteiger partial charge on any atom is -0.383 e. The third-order valence-corrected chi connectivity index (χ3v) is 5.29. The Balaban J connectivity index is 1.45. The average molecular weight is 382 g/mol. The monoisotopic (exact) mass is 382 g/mol. The van der Waals surface area contributed by atoms with E-state index in [2.05, 4.69) is 61.7 Å². The lowest BCUT2D eigenvalue weighted by atomic mass is 10.0. The number of aryl methyl sites for hydroxylation is 2. The van der Waals surface area contributed by atoms with Crippen LogP contribution in [0.1, 0.15) is 22.5 Å². The van der Waals surface area contributed by atoms with E-state index in [1.54, 1.807) is 0 Å². The standard InChI is InChI=1S/C23H22N6/c1-13-10-18-20(26-13)4-3-5-21(18)28-23-27-14(2)17(22(24)29-23)12-15-6-7-19-16(11-15)8-9-25-19/h3-11,25-26H,12H2,1-2H3,(H3,24,27,28,29). The molecule has 0 aliphatic rings. The molecule has 2 aromatic carbocycles. The number of hydrogen-bond acceptors (Lipinski definition) is 4. The number of anilines is 3. The van der Waals surface area contributed by atoms with E-state index in [4.69, 9.17) is 5.73 Å². The number of H-pyrrole nitrogens is 2. The van der Waals surface area contributed by atoms with E-state index in [-0.39, 0.29) is 0 Å². The van der Waals surface area contributed by atoms with Crippen LogP contribution in [0.25, 0.3) is 21.8 Å². The van der Waals surface area contributed by atoms with E-state index in [1.165, 1.54) is 10.9 Å². The van der Waals surface area contributed by atoms with Gasteiger partial charge in [0, 0.05) is 46.0 Å². The van der Waals surface area contributed by atoms with Crippen molar-refractivity contribution in [2.45, 2.75) is 20.3 Å².